The van der Waals surface area contributed by atoms with E-state index in [9.17, 15) is 0 Å². The van der Waals surface area contributed by atoms with Gasteiger partial charge in [0.1, 0.15) is 0 Å². The fourth-order valence-corrected chi connectivity index (χ4v) is 1.42. The standard InChI is InChI=1S/C8H14BrN3/c1-6(2)5-12-8(7(3)9)4-10-11-12/h4,6-7H,5H2,1-3H3. The summed E-state index contributed by atoms with van der Waals surface area (Å²) in [4.78, 5) is 0.325. The van der Waals surface area contributed by atoms with Crippen LogP contribution < -0.4 is 0 Å². The fourth-order valence-electron chi connectivity index (χ4n) is 1.06. The first kappa shape index (κ1) is 9.71. The second-order valence-corrected chi connectivity index (χ2v) is 4.72. The lowest BCUT2D eigenvalue weighted by Crippen LogP contribution is -2.09. The van der Waals surface area contributed by atoms with Crippen LogP contribution in [0.2, 0.25) is 0 Å². The molecule has 0 bridgehead atoms. The molecule has 0 N–H and O–H groups in total. The SMILES string of the molecule is CC(C)Cn1nncc1C(C)Br. The zero-order valence-electron chi connectivity index (χ0n) is 7.66. The third-order valence-corrected chi connectivity index (χ3v) is 2.06. The third kappa shape index (κ3) is 2.30. The Morgan fingerprint density at radius 2 is 2.17 bits per heavy atom. The van der Waals surface area contributed by atoms with Gasteiger partial charge < -0.3 is 0 Å². The molecule has 0 amide bonds. The minimum Gasteiger partial charge on any atom is -0.248 e. The molecule has 1 heterocycles. The molecule has 0 aliphatic carbocycles. The van der Waals surface area contributed by atoms with E-state index in [0.717, 1.165) is 12.2 Å². The van der Waals surface area contributed by atoms with Gasteiger partial charge in [-0.2, -0.15) is 0 Å². The van der Waals surface area contributed by atoms with Gasteiger partial charge in [-0.3, -0.25) is 0 Å². The molecule has 1 rings (SSSR count). The molecule has 0 saturated heterocycles. The van der Waals surface area contributed by atoms with Crippen LogP contribution in [0.3, 0.4) is 0 Å². The summed E-state index contributed by atoms with van der Waals surface area (Å²) in [6.45, 7) is 7.36. The molecule has 3 nitrogen and oxygen atoms in total. The van der Waals surface area contributed by atoms with E-state index in [1.807, 2.05) is 10.9 Å². The van der Waals surface area contributed by atoms with Crippen molar-refractivity contribution in [3.63, 3.8) is 0 Å². The molecule has 12 heavy (non-hydrogen) atoms. The maximum atomic E-state index is 4.01. The predicted molar refractivity (Wildman–Crippen MR) is 52.2 cm³/mol. The van der Waals surface area contributed by atoms with Gasteiger partial charge in [0.15, 0.2) is 0 Å². The number of halogens is 1. The summed E-state index contributed by atoms with van der Waals surface area (Å²) >= 11 is 3.50. The van der Waals surface area contributed by atoms with Crippen LogP contribution in [0.5, 0.6) is 0 Å². The highest BCUT2D eigenvalue weighted by atomic mass is 79.9. The van der Waals surface area contributed by atoms with Crippen LogP contribution in [0, 0.1) is 5.92 Å². The van der Waals surface area contributed by atoms with E-state index < -0.39 is 0 Å². The Bertz CT molecular complexity index is 242. The smallest absolute Gasteiger partial charge is 0.0736 e. The predicted octanol–water partition coefficient (Wildman–Crippen LogP) is 2.39. The largest absolute Gasteiger partial charge is 0.248 e. The molecular weight excluding hydrogens is 218 g/mol. The summed E-state index contributed by atoms with van der Waals surface area (Å²) in [5, 5.41) is 7.89. The van der Waals surface area contributed by atoms with Crippen molar-refractivity contribution in [2.75, 3.05) is 0 Å². The summed E-state index contributed by atoms with van der Waals surface area (Å²) in [6.07, 6.45) is 1.81. The van der Waals surface area contributed by atoms with Gasteiger partial charge in [-0.15, -0.1) is 5.10 Å². The number of hydrogen-bond donors (Lipinski definition) is 0. The monoisotopic (exact) mass is 231 g/mol. The Kier molecular flexibility index (Phi) is 3.26. The molecule has 0 aromatic carbocycles. The summed E-state index contributed by atoms with van der Waals surface area (Å²) < 4.78 is 1.95. The highest BCUT2D eigenvalue weighted by Crippen LogP contribution is 2.20. The molecule has 68 valence electrons. The van der Waals surface area contributed by atoms with Crippen LogP contribution in [0.4, 0.5) is 0 Å². The molecule has 0 saturated carbocycles. The van der Waals surface area contributed by atoms with Crippen molar-refractivity contribution in [3.05, 3.63) is 11.9 Å². The van der Waals surface area contributed by atoms with Crippen LogP contribution in [-0.4, -0.2) is 15.0 Å². The Morgan fingerprint density at radius 1 is 1.50 bits per heavy atom. The molecule has 4 heteroatoms. The average molecular weight is 232 g/mol. The highest BCUT2D eigenvalue weighted by molar-refractivity contribution is 9.09. The maximum Gasteiger partial charge on any atom is 0.0736 e. The van der Waals surface area contributed by atoms with Crippen molar-refractivity contribution < 1.29 is 0 Å². The van der Waals surface area contributed by atoms with E-state index in [-0.39, 0.29) is 0 Å². The summed E-state index contributed by atoms with van der Waals surface area (Å²) in [6, 6.07) is 0. The van der Waals surface area contributed by atoms with E-state index >= 15 is 0 Å². The van der Waals surface area contributed by atoms with E-state index in [1.54, 1.807) is 0 Å². The van der Waals surface area contributed by atoms with Gasteiger partial charge in [-0.05, 0) is 12.8 Å². The normalized spacial score (nSPS) is 13.8. The lowest BCUT2D eigenvalue weighted by atomic mass is 10.2. The van der Waals surface area contributed by atoms with Crippen molar-refractivity contribution in [1.82, 2.24) is 15.0 Å². The van der Waals surface area contributed by atoms with E-state index in [1.165, 1.54) is 0 Å². The Morgan fingerprint density at radius 3 is 2.67 bits per heavy atom. The van der Waals surface area contributed by atoms with Crippen LogP contribution in [0.15, 0.2) is 6.20 Å². The van der Waals surface area contributed by atoms with E-state index in [0.29, 0.717) is 10.7 Å². The average Bonchev–Trinajstić information content (AvgIpc) is 2.33. The molecular formula is C8H14BrN3. The highest BCUT2D eigenvalue weighted by Gasteiger charge is 2.09. The number of rotatable bonds is 3. The van der Waals surface area contributed by atoms with Gasteiger partial charge in [0.25, 0.3) is 0 Å². The second-order valence-electron chi connectivity index (χ2n) is 3.35. The molecule has 1 unspecified atom stereocenters. The minimum absolute atomic E-state index is 0.325. The first-order chi connectivity index (χ1) is 5.61. The third-order valence-electron chi connectivity index (χ3n) is 1.59. The zero-order chi connectivity index (χ0) is 9.14. The van der Waals surface area contributed by atoms with Crippen LogP contribution in [-0.2, 0) is 6.54 Å². The van der Waals surface area contributed by atoms with E-state index in [4.69, 9.17) is 0 Å². The Labute approximate surface area is 81.3 Å². The summed E-state index contributed by atoms with van der Waals surface area (Å²) in [5.74, 6) is 0.608. The second kappa shape index (κ2) is 4.03. The van der Waals surface area contributed by atoms with Crippen LogP contribution in [0.25, 0.3) is 0 Å². The molecule has 1 aromatic heterocycles. The van der Waals surface area contributed by atoms with Crippen molar-refractivity contribution in [1.29, 1.82) is 0 Å². The first-order valence-corrected chi connectivity index (χ1v) is 5.05. The fraction of sp³-hybridized carbons (Fsp3) is 0.750. The molecule has 0 spiro atoms. The van der Waals surface area contributed by atoms with Gasteiger partial charge in [-0.1, -0.05) is 35.0 Å². The minimum atomic E-state index is 0.325. The van der Waals surface area contributed by atoms with Crippen molar-refractivity contribution >= 4 is 15.9 Å². The first-order valence-electron chi connectivity index (χ1n) is 4.13. The maximum absolute atomic E-state index is 4.01. The van der Waals surface area contributed by atoms with Gasteiger partial charge >= 0.3 is 0 Å². The Balaban J connectivity index is 2.77. The van der Waals surface area contributed by atoms with Gasteiger partial charge in [0.2, 0.25) is 0 Å². The van der Waals surface area contributed by atoms with Crippen LogP contribution in [0.1, 0.15) is 31.3 Å². The number of hydrogen-bond acceptors (Lipinski definition) is 2. The van der Waals surface area contributed by atoms with E-state index in [2.05, 4.69) is 47.0 Å². The lowest BCUT2D eigenvalue weighted by Gasteiger charge is -2.09. The molecule has 0 aliphatic heterocycles. The van der Waals surface area contributed by atoms with Crippen molar-refractivity contribution in [3.8, 4) is 0 Å². The zero-order valence-corrected chi connectivity index (χ0v) is 9.24. The number of aromatic nitrogens is 3. The topological polar surface area (TPSA) is 30.7 Å². The van der Waals surface area contributed by atoms with Crippen LogP contribution >= 0.6 is 15.9 Å². The summed E-state index contributed by atoms with van der Waals surface area (Å²) in [7, 11) is 0. The molecule has 1 aromatic rings. The molecule has 1 atom stereocenters. The Hall–Kier alpha value is -0.380. The van der Waals surface area contributed by atoms with Gasteiger partial charge in [0.05, 0.1) is 16.7 Å². The van der Waals surface area contributed by atoms with Gasteiger partial charge in [0, 0.05) is 6.54 Å². The van der Waals surface area contributed by atoms with Crippen molar-refractivity contribution in [2.24, 2.45) is 5.92 Å². The van der Waals surface area contributed by atoms with Crippen molar-refractivity contribution in [2.45, 2.75) is 32.1 Å². The number of nitrogens with zero attached hydrogens (tertiary/aromatic N) is 3. The number of alkyl halides is 1. The van der Waals surface area contributed by atoms with Gasteiger partial charge in [-0.25, -0.2) is 4.68 Å². The summed E-state index contributed by atoms with van der Waals surface area (Å²) in [5.41, 5.74) is 1.14. The molecule has 0 aliphatic rings. The quantitative estimate of drug-likeness (QED) is 0.749. The molecule has 0 radical (unpaired) electrons. The molecule has 0 fully saturated rings. The lowest BCUT2D eigenvalue weighted by molar-refractivity contribution is 0.459.